The molecule has 1 amide bonds. The minimum Gasteiger partial charge on any atom is -0.406 e. The second-order valence-corrected chi connectivity index (χ2v) is 10.6. The van der Waals surface area contributed by atoms with Crippen LogP contribution in [-0.4, -0.2) is 56.5 Å². The number of aryl methyl sites for hydroxylation is 1. The summed E-state index contributed by atoms with van der Waals surface area (Å²) in [4.78, 5) is 22.8. The number of aliphatic hydroxyl groups is 1. The molecule has 44 heavy (non-hydrogen) atoms. The van der Waals surface area contributed by atoms with Gasteiger partial charge in [-0.3, -0.25) is 9.69 Å². The molecular weight excluding hydrogens is 599 g/mol. The van der Waals surface area contributed by atoms with Crippen LogP contribution in [0, 0.1) is 6.92 Å². The lowest BCUT2D eigenvalue weighted by molar-refractivity contribution is -0.274. The highest BCUT2D eigenvalue weighted by Gasteiger charge is 2.32. The minimum atomic E-state index is -4.76. The lowest BCUT2D eigenvalue weighted by Crippen LogP contribution is -2.32. The van der Waals surface area contributed by atoms with Crippen molar-refractivity contribution in [3.05, 3.63) is 89.7 Å². The van der Waals surface area contributed by atoms with Gasteiger partial charge in [-0.15, -0.1) is 18.3 Å². The summed E-state index contributed by atoms with van der Waals surface area (Å²) in [5.74, 6) is 0.0769. The molecule has 0 spiro atoms. The van der Waals surface area contributed by atoms with Gasteiger partial charge in [0, 0.05) is 24.9 Å². The third-order valence-electron chi connectivity index (χ3n) is 6.31. The summed E-state index contributed by atoms with van der Waals surface area (Å²) >= 11 is 1.25. The van der Waals surface area contributed by atoms with Gasteiger partial charge in [-0.05, 0) is 60.5 Å². The van der Waals surface area contributed by atoms with Gasteiger partial charge in [-0.25, -0.2) is 14.7 Å². The molecule has 3 N–H and O–H groups in total. The second-order valence-electron chi connectivity index (χ2n) is 9.62. The number of rotatable bonds is 11. The number of thioether (sulfide) groups is 1. The minimum absolute atomic E-state index is 0.131. The summed E-state index contributed by atoms with van der Waals surface area (Å²) in [6.07, 6.45) is -4.62. The first-order valence-electron chi connectivity index (χ1n) is 13.3. The Bertz CT molecular complexity index is 1630. The van der Waals surface area contributed by atoms with Crippen LogP contribution in [0.15, 0.2) is 78.0 Å². The molecule has 4 aromatic rings. The number of benzene rings is 3. The van der Waals surface area contributed by atoms with Gasteiger partial charge in [-0.1, -0.05) is 36.0 Å². The first-order chi connectivity index (χ1) is 21.1. The van der Waals surface area contributed by atoms with Crippen molar-refractivity contribution in [2.75, 3.05) is 28.4 Å². The Balaban J connectivity index is 1.17. The van der Waals surface area contributed by atoms with Gasteiger partial charge in [0.1, 0.15) is 12.1 Å². The lowest BCUT2D eigenvalue weighted by Gasteiger charge is -2.21. The summed E-state index contributed by atoms with van der Waals surface area (Å²) in [5, 5.41) is 21.3. The molecule has 1 fully saturated rings. The van der Waals surface area contributed by atoms with E-state index in [0.29, 0.717) is 41.3 Å². The quantitative estimate of drug-likeness (QED) is 0.196. The molecule has 1 aliphatic heterocycles. The number of aromatic nitrogens is 3. The standard InChI is InChI=1S/C29H28F3N7O4S/c1-18-3-6-20(15-42-2)24(13-18)39-25(40)16-44-28(39)36-27(41)35-21-7-4-19(5-8-21)14-33-26-34-17-38(37-26)22-9-11-23(12-10-22)43-29(30,31)32/h3-13,17,27,35,41H,14-16H2,1-2H3,(H,33,37). The van der Waals surface area contributed by atoms with Gasteiger partial charge in [0.2, 0.25) is 18.2 Å². The molecule has 1 aliphatic rings. The molecule has 1 aromatic heterocycles. The van der Waals surface area contributed by atoms with E-state index < -0.39 is 12.7 Å². The Morgan fingerprint density at radius 3 is 2.57 bits per heavy atom. The number of hydrogen-bond donors (Lipinski definition) is 3. The van der Waals surface area contributed by atoms with Crippen LogP contribution in [0.5, 0.6) is 5.75 Å². The summed E-state index contributed by atoms with van der Waals surface area (Å²) in [5.41, 5.74) is 4.52. The van der Waals surface area contributed by atoms with E-state index in [9.17, 15) is 23.1 Å². The number of nitrogens with one attached hydrogen (secondary N) is 2. The van der Waals surface area contributed by atoms with Crippen LogP contribution in [0.2, 0.25) is 0 Å². The molecule has 0 aliphatic carbocycles. The van der Waals surface area contributed by atoms with E-state index in [-0.39, 0.29) is 17.4 Å². The zero-order chi connectivity index (χ0) is 31.3. The Labute approximate surface area is 254 Å². The Kier molecular flexibility index (Phi) is 9.37. The van der Waals surface area contributed by atoms with E-state index in [1.165, 1.54) is 51.9 Å². The molecule has 11 nitrogen and oxygen atoms in total. The van der Waals surface area contributed by atoms with Crippen LogP contribution < -0.4 is 20.3 Å². The SMILES string of the molecule is COCc1ccc(C)cc1N1C(=O)CSC1=NC(O)Nc1ccc(CNc2ncn(-c3ccc(OC(F)(F)F)cc3)n2)cc1. The Morgan fingerprint density at radius 2 is 1.86 bits per heavy atom. The maximum absolute atomic E-state index is 12.7. The van der Waals surface area contributed by atoms with Crippen LogP contribution in [0.4, 0.5) is 30.5 Å². The largest absolute Gasteiger partial charge is 0.573 e. The lowest BCUT2D eigenvalue weighted by atomic mass is 10.1. The number of nitrogens with zero attached hydrogens (tertiary/aromatic N) is 5. The van der Waals surface area contributed by atoms with Gasteiger partial charge in [0.15, 0.2) is 5.17 Å². The molecule has 5 rings (SSSR count). The van der Waals surface area contributed by atoms with Crippen molar-refractivity contribution in [3.63, 3.8) is 0 Å². The summed E-state index contributed by atoms with van der Waals surface area (Å²) in [7, 11) is 1.59. The monoisotopic (exact) mass is 627 g/mol. The van der Waals surface area contributed by atoms with Crippen LogP contribution in [0.1, 0.15) is 16.7 Å². The number of aliphatic hydroxyl groups excluding tert-OH is 1. The van der Waals surface area contributed by atoms with E-state index in [2.05, 4.69) is 30.4 Å². The number of aliphatic imine (C=N–C) groups is 1. The van der Waals surface area contributed by atoms with E-state index in [4.69, 9.17) is 4.74 Å². The fraction of sp³-hybridized carbons (Fsp3) is 0.241. The molecule has 1 atom stereocenters. The van der Waals surface area contributed by atoms with Crippen molar-refractivity contribution in [3.8, 4) is 11.4 Å². The number of anilines is 3. The predicted molar refractivity (Wildman–Crippen MR) is 161 cm³/mol. The highest BCUT2D eigenvalue weighted by atomic mass is 32.2. The molecule has 15 heteroatoms. The third kappa shape index (κ3) is 7.86. The highest BCUT2D eigenvalue weighted by Crippen LogP contribution is 2.31. The summed E-state index contributed by atoms with van der Waals surface area (Å²) in [6.45, 7) is 2.66. The van der Waals surface area contributed by atoms with Gasteiger partial charge in [0.05, 0.1) is 23.7 Å². The number of halogens is 3. The smallest absolute Gasteiger partial charge is 0.406 e. The molecule has 230 valence electrons. The first-order valence-corrected chi connectivity index (χ1v) is 14.2. The molecule has 1 saturated heterocycles. The molecule has 0 radical (unpaired) electrons. The zero-order valence-corrected chi connectivity index (χ0v) is 24.4. The van der Waals surface area contributed by atoms with Gasteiger partial charge in [-0.2, -0.15) is 0 Å². The molecule has 0 bridgehead atoms. The first kappa shape index (κ1) is 30.8. The fourth-order valence-electron chi connectivity index (χ4n) is 4.31. The molecule has 1 unspecified atom stereocenters. The van der Waals surface area contributed by atoms with Crippen molar-refractivity contribution in [2.45, 2.75) is 32.8 Å². The van der Waals surface area contributed by atoms with Gasteiger partial charge >= 0.3 is 6.36 Å². The summed E-state index contributed by atoms with van der Waals surface area (Å²) < 4.78 is 47.7. The Morgan fingerprint density at radius 1 is 1.11 bits per heavy atom. The fourth-order valence-corrected chi connectivity index (χ4v) is 5.19. The molecule has 2 heterocycles. The van der Waals surface area contributed by atoms with Crippen molar-refractivity contribution >= 4 is 40.2 Å². The molecule has 3 aromatic carbocycles. The van der Waals surface area contributed by atoms with E-state index >= 15 is 0 Å². The highest BCUT2D eigenvalue weighted by molar-refractivity contribution is 8.15. The van der Waals surface area contributed by atoms with Crippen molar-refractivity contribution in [1.29, 1.82) is 0 Å². The predicted octanol–water partition coefficient (Wildman–Crippen LogP) is 5.06. The van der Waals surface area contributed by atoms with Crippen LogP contribution in [0.25, 0.3) is 5.69 Å². The second kappa shape index (κ2) is 13.4. The number of carbonyl (C=O) groups is 1. The van der Waals surface area contributed by atoms with E-state index in [0.717, 1.165) is 16.7 Å². The van der Waals surface area contributed by atoms with Crippen molar-refractivity contribution < 1.29 is 32.5 Å². The van der Waals surface area contributed by atoms with Crippen LogP contribution in [-0.2, 0) is 22.7 Å². The number of methoxy groups -OCH3 is 1. The average molecular weight is 628 g/mol. The Hall–Kier alpha value is -4.60. The van der Waals surface area contributed by atoms with Crippen LogP contribution >= 0.6 is 11.8 Å². The zero-order valence-electron chi connectivity index (χ0n) is 23.6. The molecular formula is C29H28F3N7O4S. The topological polar surface area (TPSA) is 126 Å². The average Bonchev–Trinajstić information content (AvgIpc) is 3.60. The maximum atomic E-state index is 12.7. The third-order valence-corrected chi connectivity index (χ3v) is 7.24. The maximum Gasteiger partial charge on any atom is 0.573 e. The molecule has 0 saturated carbocycles. The van der Waals surface area contributed by atoms with Gasteiger partial charge < -0.3 is 25.2 Å². The van der Waals surface area contributed by atoms with Crippen LogP contribution in [0.3, 0.4) is 0 Å². The number of alkyl halides is 3. The summed E-state index contributed by atoms with van der Waals surface area (Å²) in [6, 6.07) is 18.3. The normalized spacial score (nSPS) is 15.1. The van der Waals surface area contributed by atoms with E-state index in [1.54, 1.807) is 19.2 Å². The number of amidine groups is 1. The number of amides is 1. The van der Waals surface area contributed by atoms with Gasteiger partial charge in [0.25, 0.3) is 0 Å². The van der Waals surface area contributed by atoms with Crippen molar-refractivity contribution in [1.82, 2.24) is 14.8 Å². The van der Waals surface area contributed by atoms with Crippen molar-refractivity contribution in [2.24, 2.45) is 4.99 Å². The van der Waals surface area contributed by atoms with E-state index in [1.807, 2.05) is 37.3 Å². The number of hydrogen-bond acceptors (Lipinski definition) is 10. The number of ether oxygens (including phenoxy) is 2. The number of carbonyl (C=O) groups excluding carboxylic acids is 1.